The number of nitrogens with zero attached hydrogens (tertiary/aromatic N) is 1. The highest BCUT2D eigenvalue weighted by molar-refractivity contribution is 6.00. The van der Waals surface area contributed by atoms with Gasteiger partial charge in [0.1, 0.15) is 0 Å². The van der Waals surface area contributed by atoms with Crippen molar-refractivity contribution < 1.29 is 0 Å². The lowest BCUT2D eigenvalue weighted by atomic mass is 9.95. The number of hydrogen-bond donors (Lipinski definition) is 0. The molecule has 1 atom stereocenters. The van der Waals surface area contributed by atoms with Crippen LogP contribution in [-0.2, 0) is 0 Å². The Hall–Kier alpha value is -0.590. The van der Waals surface area contributed by atoms with E-state index in [-0.39, 0.29) is 0 Å². The van der Waals surface area contributed by atoms with Crippen LogP contribution >= 0.6 is 0 Å². The molecule has 1 nitrogen and oxygen atoms in total. The van der Waals surface area contributed by atoms with Crippen LogP contribution in [0, 0.1) is 11.8 Å². The summed E-state index contributed by atoms with van der Waals surface area (Å²) >= 11 is 0. The smallest absolute Gasteiger partial charge is 0.0398 e. The van der Waals surface area contributed by atoms with Gasteiger partial charge in [0.05, 0.1) is 0 Å². The van der Waals surface area contributed by atoms with Gasteiger partial charge in [0, 0.05) is 18.7 Å². The van der Waals surface area contributed by atoms with Crippen LogP contribution in [0.1, 0.15) is 26.7 Å². The molecule has 1 rings (SSSR count). The Balaban J connectivity index is 2.61. The van der Waals surface area contributed by atoms with Crippen molar-refractivity contribution in [3.05, 3.63) is 12.2 Å². The molecule has 1 unspecified atom stereocenters. The van der Waals surface area contributed by atoms with Crippen molar-refractivity contribution in [2.75, 3.05) is 7.05 Å². The molecule has 0 amide bonds. The van der Waals surface area contributed by atoms with Crippen LogP contribution in [0.3, 0.4) is 0 Å². The minimum atomic E-state index is 0.637. The standard InChI is InChI=1S/C10H17N/c1-7(2)10(11-4)8(3)9-5-6-9/h8-9H,1,5-6H2,2-4H3/b11-10-. The van der Waals surface area contributed by atoms with E-state index in [4.69, 9.17) is 0 Å². The van der Waals surface area contributed by atoms with E-state index in [0.717, 1.165) is 11.5 Å². The van der Waals surface area contributed by atoms with Gasteiger partial charge in [-0.25, -0.2) is 0 Å². The van der Waals surface area contributed by atoms with Crippen molar-refractivity contribution in [2.24, 2.45) is 16.8 Å². The third-order valence-corrected chi connectivity index (χ3v) is 2.44. The van der Waals surface area contributed by atoms with Gasteiger partial charge in [0.15, 0.2) is 0 Å². The van der Waals surface area contributed by atoms with Gasteiger partial charge >= 0.3 is 0 Å². The highest BCUT2D eigenvalue weighted by atomic mass is 14.7. The largest absolute Gasteiger partial charge is 0.293 e. The van der Waals surface area contributed by atoms with E-state index in [1.807, 2.05) is 14.0 Å². The molecule has 62 valence electrons. The van der Waals surface area contributed by atoms with Crippen LogP contribution in [-0.4, -0.2) is 12.8 Å². The molecule has 11 heavy (non-hydrogen) atoms. The molecule has 0 aliphatic heterocycles. The maximum absolute atomic E-state index is 4.27. The van der Waals surface area contributed by atoms with Crippen LogP contribution in [0.4, 0.5) is 0 Å². The predicted molar refractivity (Wildman–Crippen MR) is 50.1 cm³/mol. The van der Waals surface area contributed by atoms with Crippen LogP contribution in [0.25, 0.3) is 0 Å². The van der Waals surface area contributed by atoms with Crippen molar-refractivity contribution in [3.8, 4) is 0 Å². The van der Waals surface area contributed by atoms with E-state index in [2.05, 4.69) is 18.5 Å². The second kappa shape index (κ2) is 3.21. The maximum Gasteiger partial charge on any atom is 0.0398 e. The number of allylic oxidation sites excluding steroid dienone is 1. The highest BCUT2D eigenvalue weighted by Crippen LogP contribution is 2.38. The average Bonchev–Trinajstić information content (AvgIpc) is 2.68. The lowest BCUT2D eigenvalue weighted by molar-refractivity contribution is 0.664. The number of rotatable bonds is 3. The molecule has 0 bridgehead atoms. The van der Waals surface area contributed by atoms with Gasteiger partial charge in [-0.2, -0.15) is 0 Å². The SMILES string of the molecule is C=C(C)/C(=N/C)C(C)C1CC1. The van der Waals surface area contributed by atoms with E-state index < -0.39 is 0 Å². The molecule has 0 heterocycles. The van der Waals surface area contributed by atoms with Crippen LogP contribution in [0.2, 0.25) is 0 Å². The molecule has 0 spiro atoms. The Labute approximate surface area is 69.2 Å². The summed E-state index contributed by atoms with van der Waals surface area (Å²) in [5, 5.41) is 0. The Morgan fingerprint density at radius 2 is 2.09 bits per heavy atom. The molecule has 1 fully saturated rings. The first-order valence-electron chi connectivity index (χ1n) is 4.29. The van der Waals surface area contributed by atoms with Crippen molar-refractivity contribution in [2.45, 2.75) is 26.7 Å². The van der Waals surface area contributed by atoms with Gasteiger partial charge in [0.2, 0.25) is 0 Å². The molecule has 0 N–H and O–H groups in total. The number of aliphatic imine (C=N–C) groups is 1. The van der Waals surface area contributed by atoms with E-state index in [1.54, 1.807) is 0 Å². The topological polar surface area (TPSA) is 12.4 Å². The van der Waals surface area contributed by atoms with Crippen molar-refractivity contribution in [3.63, 3.8) is 0 Å². The fraction of sp³-hybridized carbons (Fsp3) is 0.700. The summed E-state index contributed by atoms with van der Waals surface area (Å²) in [6.45, 7) is 8.23. The molecule has 0 aromatic carbocycles. The third-order valence-electron chi connectivity index (χ3n) is 2.44. The molecule has 1 aliphatic rings. The molecular formula is C10H17N. The molecule has 0 aromatic heterocycles. The summed E-state index contributed by atoms with van der Waals surface area (Å²) in [5.41, 5.74) is 2.35. The minimum Gasteiger partial charge on any atom is -0.293 e. The van der Waals surface area contributed by atoms with Gasteiger partial charge < -0.3 is 0 Å². The van der Waals surface area contributed by atoms with E-state index in [0.29, 0.717) is 5.92 Å². The van der Waals surface area contributed by atoms with Gasteiger partial charge in [-0.1, -0.05) is 13.5 Å². The molecule has 0 radical (unpaired) electrons. The fourth-order valence-corrected chi connectivity index (χ4v) is 1.60. The normalized spacial score (nSPS) is 21.5. The van der Waals surface area contributed by atoms with Crippen molar-refractivity contribution >= 4 is 5.71 Å². The first-order chi connectivity index (χ1) is 5.16. The lowest BCUT2D eigenvalue weighted by Gasteiger charge is -2.12. The van der Waals surface area contributed by atoms with Gasteiger partial charge in [0.25, 0.3) is 0 Å². The van der Waals surface area contributed by atoms with E-state index in [1.165, 1.54) is 18.6 Å². The summed E-state index contributed by atoms with van der Waals surface area (Å²) in [5.74, 6) is 1.53. The molecule has 1 aliphatic carbocycles. The molecular weight excluding hydrogens is 134 g/mol. The zero-order chi connectivity index (χ0) is 8.43. The van der Waals surface area contributed by atoms with Crippen molar-refractivity contribution in [1.29, 1.82) is 0 Å². The van der Waals surface area contributed by atoms with Crippen LogP contribution < -0.4 is 0 Å². The monoisotopic (exact) mass is 151 g/mol. The molecule has 1 heteroatoms. The number of hydrogen-bond acceptors (Lipinski definition) is 1. The van der Waals surface area contributed by atoms with E-state index >= 15 is 0 Å². The summed E-state index contributed by atoms with van der Waals surface area (Å²) in [6.07, 6.45) is 2.76. The average molecular weight is 151 g/mol. The van der Waals surface area contributed by atoms with Crippen LogP contribution in [0.5, 0.6) is 0 Å². The Morgan fingerprint density at radius 1 is 1.55 bits per heavy atom. The van der Waals surface area contributed by atoms with Gasteiger partial charge in [-0.05, 0) is 31.3 Å². The van der Waals surface area contributed by atoms with Gasteiger partial charge in [-0.15, -0.1) is 0 Å². The van der Waals surface area contributed by atoms with Crippen molar-refractivity contribution in [1.82, 2.24) is 0 Å². The first kappa shape index (κ1) is 8.51. The summed E-state index contributed by atoms with van der Waals surface area (Å²) in [7, 11) is 1.86. The molecule has 0 aromatic rings. The van der Waals surface area contributed by atoms with Crippen LogP contribution in [0.15, 0.2) is 17.1 Å². The Morgan fingerprint density at radius 3 is 2.36 bits per heavy atom. The summed E-state index contributed by atoms with van der Waals surface area (Å²) < 4.78 is 0. The second-order valence-corrected chi connectivity index (χ2v) is 3.52. The minimum absolute atomic E-state index is 0.637. The highest BCUT2D eigenvalue weighted by Gasteiger charge is 2.30. The van der Waals surface area contributed by atoms with E-state index in [9.17, 15) is 0 Å². The summed E-state index contributed by atoms with van der Waals surface area (Å²) in [6, 6.07) is 0. The fourth-order valence-electron chi connectivity index (χ4n) is 1.60. The molecule has 1 saturated carbocycles. The zero-order valence-electron chi connectivity index (χ0n) is 7.72. The molecule has 0 saturated heterocycles. The Bertz CT molecular complexity index is 187. The summed E-state index contributed by atoms with van der Waals surface area (Å²) in [4.78, 5) is 4.27. The second-order valence-electron chi connectivity index (χ2n) is 3.52. The first-order valence-corrected chi connectivity index (χ1v) is 4.29. The predicted octanol–water partition coefficient (Wildman–Crippen LogP) is 2.68. The Kier molecular flexibility index (Phi) is 2.48. The maximum atomic E-state index is 4.27. The quantitative estimate of drug-likeness (QED) is 0.550. The lowest BCUT2D eigenvalue weighted by Crippen LogP contribution is -2.13. The zero-order valence-corrected chi connectivity index (χ0v) is 7.72. The third kappa shape index (κ3) is 1.92. The van der Waals surface area contributed by atoms with Gasteiger partial charge in [-0.3, -0.25) is 4.99 Å².